The molecule has 3 heteroatoms. The lowest BCUT2D eigenvalue weighted by Gasteiger charge is -2.34. The van der Waals surface area contributed by atoms with E-state index in [0.29, 0.717) is 12.8 Å². The molecule has 2 rings (SSSR count). The van der Waals surface area contributed by atoms with Crippen molar-refractivity contribution in [1.82, 2.24) is 0 Å². The minimum Gasteiger partial charge on any atom is -0.451 e. The molecule has 0 saturated heterocycles. The van der Waals surface area contributed by atoms with Crippen LogP contribution in [0.4, 0.5) is 0 Å². The summed E-state index contributed by atoms with van der Waals surface area (Å²) in [6, 6.07) is 0. The Balaban J connectivity index is 2.02. The number of carbonyl (C=O) groups is 2. The molecular formula is C16H24O3. The van der Waals surface area contributed by atoms with Gasteiger partial charge in [0.1, 0.15) is 0 Å². The number of hydrogen-bond acceptors (Lipinski definition) is 3. The molecule has 1 fully saturated rings. The van der Waals surface area contributed by atoms with Crippen molar-refractivity contribution >= 4 is 12.3 Å². The third kappa shape index (κ3) is 3.26. The van der Waals surface area contributed by atoms with E-state index in [4.69, 9.17) is 4.74 Å². The Kier molecular flexibility index (Phi) is 4.43. The molecule has 106 valence electrons. The van der Waals surface area contributed by atoms with E-state index in [2.05, 4.69) is 6.92 Å². The lowest BCUT2D eigenvalue weighted by molar-refractivity contribution is -0.169. The number of hydrogen-bond donors (Lipinski definition) is 0. The highest BCUT2D eigenvalue weighted by Gasteiger charge is 2.39. The van der Waals surface area contributed by atoms with Crippen LogP contribution in [0.2, 0.25) is 0 Å². The first-order chi connectivity index (χ1) is 9.06. The van der Waals surface area contributed by atoms with Crippen molar-refractivity contribution in [3.8, 4) is 0 Å². The molecule has 1 saturated carbocycles. The maximum absolute atomic E-state index is 12.2. The minimum atomic E-state index is -0.891. The van der Waals surface area contributed by atoms with Crippen LogP contribution in [0.15, 0.2) is 11.1 Å². The van der Waals surface area contributed by atoms with Crippen molar-refractivity contribution < 1.29 is 14.3 Å². The van der Waals surface area contributed by atoms with Gasteiger partial charge in [-0.3, -0.25) is 9.59 Å². The fourth-order valence-electron chi connectivity index (χ4n) is 3.13. The van der Waals surface area contributed by atoms with Gasteiger partial charge < -0.3 is 4.74 Å². The van der Waals surface area contributed by atoms with Crippen molar-refractivity contribution in [3.63, 3.8) is 0 Å². The van der Waals surface area contributed by atoms with Crippen molar-refractivity contribution in [2.24, 2.45) is 5.92 Å². The van der Waals surface area contributed by atoms with E-state index in [-0.39, 0.29) is 11.9 Å². The number of allylic oxidation sites excluding steroid dienone is 1. The van der Waals surface area contributed by atoms with Crippen LogP contribution in [0.3, 0.4) is 0 Å². The summed E-state index contributed by atoms with van der Waals surface area (Å²) in [4.78, 5) is 23.7. The molecule has 0 N–H and O–H groups in total. The fourth-order valence-corrected chi connectivity index (χ4v) is 3.13. The molecule has 0 aliphatic heterocycles. The van der Waals surface area contributed by atoms with Gasteiger partial charge in [-0.15, -0.1) is 0 Å². The molecule has 0 heterocycles. The molecule has 3 nitrogen and oxygen atoms in total. The zero-order valence-corrected chi connectivity index (χ0v) is 12.0. The zero-order chi connectivity index (χ0) is 13.9. The largest absolute Gasteiger partial charge is 0.451 e. The van der Waals surface area contributed by atoms with E-state index in [1.54, 1.807) is 0 Å². The van der Waals surface area contributed by atoms with Gasteiger partial charge in [-0.2, -0.15) is 0 Å². The molecule has 0 radical (unpaired) electrons. The minimum absolute atomic E-state index is 0.0119. The summed E-state index contributed by atoms with van der Waals surface area (Å²) in [5, 5.41) is 0. The first kappa shape index (κ1) is 14.3. The van der Waals surface area contributed by atoms with Crippen LogP contribution < -0.4 is 0 Å². The number of rotatable bonds is 3. The maximum atomic E-state index is 12.2. The molecular weight excluding hydrogens is 240 g/mol. The first-order valence-electron chi connectivity index (χ1n) is 7.41. The van der Waals surface area contributed by atoms with Gasteiger partial charge in [0.25, 0.3) is 0 Å². The molecule has 1 atom stereocenters. The number of aldehydes is 1. The summed E-state index contributed by atoms with van der Waals surface area (Å²) >= 11 is 0. The van der Waals surface area contributed by atoms with E-state index in [0.717, 1.165) is 38.4 Å². The fraction of sp³-hybridized carbons (Fsp3) is 0.750. The number of ether oxygens (including phenoxy) is 1. The summed E-state index contributed by atoms with van der Waals surface area (Å²) in [7, 11) is 0. The summed E-state index contributed by atoms with van der Waals surface area (Å²) in [5.74, 6) is -0.142. The topological polar surface area (TPSA) is 43.4 Å². The Hall–Kier alpha value is -1.12. The summed E-state index contributed by atoms with van der Waals surface area (Å²) in [5.41, 5.74) is 1.62. The number of esters is 1. The second-order valence-electron chi connectivity index (χ2n) is 6.18. The predicted molar refractivity (Wildman–Crippen MR) is 73.7 cm³/mol. The molecule has 0 aromatic carbocycles. The summed E-state index contributed by atoms with van der Waals surface area (Å²) in [6.07, 6.45) is 8.16. The molecule has 2 aliphatic rings. The average Bonchev–Trinajstić information content (AvgIpc) is 2.44. The molecule has 19 heavy (non-hydrogen) atoms. The zero-order valence-electron chi connectivity index (χ0n) is 12.0. The van der Waals surface area contributed by atoms with Crippen LogP contribution in [0.25, 0.3) is 0 Å². The van der Waals surface area contributed by atoms with Gasteiger partial charge in [0.2, 0.25) is 0 Å². The highest BCUT2D eigenvalue weighted by atomic mass is 16.6. The summed E-state index contributed by atoms with van der Waals surface area (Å²) < 4.78 is 5.65. The lowest BCUT2D eigenvalue weighted by atomic mass is 9.82. The van der Waals surface area contributed by atoms with Crippen molar-refractivity contribution in [2.75, 3.05) is 0 Å². The normalized spacial score (nSPS) is 29.2. The third-order valence-electron chi connectivity index (χ3n) is 4.67. The Morgan fingerprint density at radius 2 is 1.89 bits per heavy atom. The standard InChI is InChI=1S/C16H24O3/c1-12-8-9-16(11-17,10-13(12)2)19-15(18)14-6-4-3-5-7-14/h11,14H,3-10H2,1-2H3. The molecule has 0 spiro atoms. The van der Waals surface area contributed by atoms with Crippen LogP contribution in [0.1, 0.15) is 65.2 Å². The van der Waals surface area contributed by atoms with E-state index in [1.165, 1.54) is 17.6 Å². The molecule has 0 bridgehead atoms. The number of carbonyl (C=O) groups excluding carboxylic acids is 2. The van der Waals surface area contributed by atoms with Crippen LogP contribution >= 0.6 is 0 Å². The van der Waals surface area contributed by atoms with Gasteiger partial charge in [0, 0.05) is 6.42 Å². The Labute approximate surface area is 115 Å². The van der Waals surface area contributed by atoms with Crippen molar-refractivity contribution in [1.29, 1.82) is 0 Å². The Bertz CT molecular complexity index is 391. The molecule has 0 amide bonds. The first-order valence-corrected chi connectivity index (χ1v) is 7.41. The van der Waals surface area contributed by atoms with E-state index in [9.17, 15) is 9.59 Å². The van der Waals surface area contributed by atoms with Gasteiger partial charge in [0.05, 0.1) is 5.92 Å². The van der Waals surface area contributed by atoms with E-state index < -0.39 is 5.60 Å². The highest BCUT2D eigenvalue weighted by Crippen LogP contribution is 2.35. The molecule has 0 aromatic rings. The van der Waals surface area contributed by atoms with Gasteiger partial charge in [-0.25, -0.2) is 0 Å². The summed E-state index contributed by atoms with van der Waals surface area (Å²) in [6.45, 7) is 4.12. The van der Waals surface area contributed by atoms with Gasteiger partial charge in [-0.05, 0) is 39.5 Å². The Morgan fingerprint density at radius 3 is 2.47 bits per heavy atom. The molecule has 1 unspecified atom stereocenters. The third-order valence-corrected chi connectivity index (χ3v) is 4.67. The van der Waals surface area contributed by atoms with Gasteiger partial charge in [0.15, 0.2) is 11.9 Å². The van der Waals surface area contributed by atoms with E-state index in [1.807, 2.05) is 6.92 Å². The lowest BCUT2D eigenvalue weighted by Crippen LogP contribution is -2.41. The smallest absolute Gasteiger partial charge is 0.309 e. The second-order valence-corrected chi connectivity index (χ2v) is 6.18. The Morgan fingerprint density at radius 1 is 1.21 bits per heavy atom. The second kappa shape index (κ2) is 5.89. The maximum Gasteiger partial charge on any atom is 0.309 e. The van der Waals surface area contributed by atoms with Crippen LogP contribution in [-0.4, -0.2) is 17.9 Å². The van der Waals surface area contributed by atoms with Crippen LogP contribution in [-0.2, 0) is 14.3 Å². The van der Waals surface area contributed by atoms with Crippen molar-refractivity contribution in [2.45, 2.75) is 70.8 Å². The van der Waals surface area contributed by atoms with Gasteiger partial charge in [-0.1, -0.05) is 30.4 Å². The highest BCUT2D eigenvalue weighted by molar-refractivity contribution is 5.77. The average molecular weight is 264 g/mol. The monoisotopic (exact) mass is 264 g/mol. The van der Waals surface area contributed by atoms with E-state index >= 15 is 0 Å². The predicted octanol–water partition coefficient (Wildman–Crippen LogP) is 3.57. The van der Waals surface area contributed by atoms with Crippen molar-refractivity contribution in [3.05, 3.63) is 11.1 Å². The van der Waals surface area contributed by atoms with Crippen LogP contribution in [0, 0.1) is 5.92 Å². The van der Waals surface area contributed by atoms with Crippen LogP contribution in [0.5, 0.6) is 0 Å². The SMILES string of the molecule is CC1=C(C)CC(C=O)(OC(=O)C2CCCCC2)CC1. The molecule has 0 aromatic heterocycles. The van der Waals surface area contributed by atoms with Gasteiger partial charge >= 0.3 is 5.97 Å². The molecule has 2 aliphatic carbocycles. The quantitative estimate of drug-likeness (QED) is 0.444.